The molecule has 4 nitrogen and oxygen atoms in total. The van der Waals surface area contributed by atoms with E-state index >= 15 is 0 Å². The van der Waals surface area contributed by atoms with Crippen molar-refractivity contribution < 1.29 is 9.53 Å². The van der Waals surface area contributed by atoms with Gasteiger partial charge < -0.3 is 9.30 Å². The average Bonchev–Trinajstić information content (AvgIpc) is 3.41. The van der Waals surface area contributed by atoms with E-state index in [2.05, 4.69) is 45.3 Å². The first-order valence-corrected chi connectivity index (χ1v) is 11.4. The monoisotopic (exact) mass is 414 g/mol. The molecule has 1 unspecified atom stereocenters. The Morgan fingerprint density at radius 2 is 2.11 bits per heavy atom. The number of rotatable bonds is 7. The lowest BCUT2D eigenvalue weighted by Crippen LogP contribution is -2.38. The van der Waals surface area contributed by atoms with Crippen LogP contribution < -0.4 is 0 Å². The zero-order chi connectivity index (χ0) is 19.7. The van der Waals surface area contributed by atoms with E-state index in [0.29, 0.717) is 13.2 Å². The van der Waals surface area contributed by atoms with E-state index in [1.54, 1.807) is 18.4 Å². The first-order chi connectivity index (χ1) is 13.6. The molecule has 0 bridgehead atoms. The molecule has 1 aliphatic heterocycles. The molecule has 0 amide bonds. The molecule has 0 N–H and O–H groups in total. The molecule has 28 heavy (non-hydrogen) atoms. The van der Waals surface area contributed by atoms with E-state index in [4.69, 9.17) is 4.74 Å². The van der Waals surface area contributed by atoms with Crippen molar-refractivity contribution in [2.75, 3.05) is 26.8 Å². The fraction of sp³-hybridized carbons (Fsp3) is 0.409. The van der Waals surface area contributed by atoms with Gasteiger partial charge in [0.25, 0.3) is 0 Å². The molecular weight excluding hydrogens is 388 g/mol. The topological polar surface area (TPSA) is 34.5 Å². The highest BCUT2D eigenvalue weighted by Crippen LogP contribution is 2.39. The Labute approximate surface area is 174 Å². The number of ether oxygens (including phenoxy) is 1. The Balaban J connectivity index is 1.59. The quantitative estimate of drug-likeness (QED) is 0.526. The number of nitrogens with zero attached hydrogens (tertiary/aromatic N) is 2. The van der Waals surface area contributed by atoms with Gasteiger partial charge in [0.2, 0.25) is 0 Å². The van der Waals surface area contributed by atoms with Gasteiger partial charge >= 0.3 is 0 Å². The van der Waals surface area contributed by atoms with Gasteiger partial charge in [0.05, 0.1) is 19.2 Å². The molecule has 0 spiro atoms. The van der Waals surface area contributed by atoms with Crippen LogP contribution in [0.2, 0.25) is 0 Å². The highest BCUT2D eigenvalue weighted by atomic mass is 32.1. The lowest BCUT2D eigenvalue weighted by atomic mass is 9.97. The number of Topliss-reactive ketones (excluding diaryl/α,β-unsaturated/α-hetero) is 1. The minimum absolute atomic E-state index is 0.191. The maximum absolute atomic E-state index is 13.3. The molecule has 148 valence electrons. The summed E-state index contributed by atoms with van der Waals surface area (Å²) in [7, 11) is 1.71. The maximum Gasteiger partial charge on any atom is 0.178 e. The molecule has 0 aliphatic carbocycles. The Morgan fingerprint density at radius 3 is 2.86 bits per heavy atom. The van der Waals surface area contributed by atoms with E-state index in [9.17, 15) is 4.79 Å². The standard InChI is InChI=1S/C22H26N2O2S2/c1-15-13-18(16(2)24(15)9-10-26-3)19(25)14-23-8-6-20-17(7-12-28-20)22(23)21-5-4-11-27-21/h4-5,7,11-13,22H,6,8-10,14H2,1-3H3. The molecule has 1 atom stereocenters. The van der Waals surface area contributed by atoms with Gasteiger partial charge in [0.1, 0.15) is 0 Å². The number of hydrogen-bond acceptors (Lipinski definition) is 5. The van der Waals surface area contributed by atoms with Crippen LogP contribution in [0.1, 0.15) is 43.1 Å². The lowest BCUT2D eigenvalue weighted by molar-refractivity contribution is 0.0902. The van der Waals surface area contributed by atoms with E-state index in [0.717, 1.165) is 36.5 Å². The number of carbonyl (C=O) groups is 1. The Morgan fingerprint density at radius 1 is 1.25 bits per heavy atom. The summed E-state index contributed by atoms with van der Waals surface area (Å²) in [6, 6.07) is 8.75. The molecule has 4 rings (SSSR count). The molecule has 0 fully saturated rings. The van der Waals surface area contributed by atoms with Gasteiger partial charge in [-0.2, -0.15) is 0 Å². The smallest absolute Gasteiger partial charge is 0.178 e. The summed E-state index contributed by atoms with van der Waals surface area (Å²) >= 11 is 3.61. The van der Waals surface area contributed by atoms with Gasteiger partial charge in [-0.25, -0.2) is 0 Å². The number of thiophene rings is 2. The van der Waals surface area contributed by atoms with E-state index in [-0.39, 0.29) is 11.8 Å². The van der Waals surface area contributed by atoms with Crippen LogP contribution >= 0.6 is 22.7 Å². The van der Waals surface area contributed by atoms with Crippen LogP contribution in [0.15, 0.2) is 35.0 Å². The van der Waals surface area contributed by atoms with Crippen LogP contribution in [0.4, 0.5) is 0 Å². The summed E-state index contributed by atoms with van der Waals surface area (Å²) < 4.78 is 7.40. The van der Waals surface area contributed by atoms with Crippen LogP contribution in [0, 0.1) is 13.8 Å². The predicted molar refractivity (Wildman–Crippen MR) is 116 cm³/mol. The van der Waals surface area contributed by atoms with Crippen LogP contribution in [0.25, 0.3) is 0 Å². The van der Waals surface area contributed by atoms with Crippen molar-refractivity contribution in [3.8, 4) is 0 Å². The summed E-state index contributed by atoms with van der Waals surface area (Å²) in [6.45, 7) is 6.90. The molecule has 3 aromatic rings. The molecule has 1 aliphatic rings. The normalized spacial score (nSPS) is 17.0. The SMILES string of the molecule is COCCn1c(C)cc(C(=O)CN2CCc3sccc3C2c2cccs2)c1C. The Bertz CT molecular complexity index is 956. The van der Waals surface area contributed by atoms with Gasteiger partial charge in [-0.1, -0.05) is 6.07 Å². The fourth-order valence-electron chi connectivity index (χ4n) is 4.20. The highest BCUT2D eigenvalue weighted by Gasteiger charge is 2.32. The average molecular weight is 415 g/mol. The van der Waals surface area contributed by atoms with Crippen LogP contribution in [0.5, 0.6) is 0 Å². The number of hydrogen-bond donors (Lipinski definition) is 0. The van der Waals surface area contributed by atoms with Gasteiger partial charge in [-0.05, 0) is 54.8 Å². The van der Waals surface area contributed by atoms with Crippen molar-refractivity contribution in [2.24, 2.45) is 0 Å². The third-order valence-corrected chi connectivity index (χ3v) is 7.54. The van der Waals surface area contributed by atoms with Crippen molar-refractivity contribution in [3.63, 3.8) is 0 Å². The summed E-state index contributed by atoms with van der Waals surface area (Å²) in [4.78, 5) is 18.4. The van der Waals surface area contributed by atoms with Gasteiger partial charge in [-0.3, -0.25) is 9.69 Å². The molecule has 6 heteroatoms. The summed E-state index contributed by atoms with van der Waals surface area (Å²) in [5.74, 6) is 0.206. The molecule has 0 saturated carbocycles. The number of aryl methyl sites for hydroxylation is 1. The predicted octanol–water partition coefficient (Wildman–Crippen LogP) is 4.70. The molecule has 3 aromatic heterocycles. The van der Waals surface area contributed by atoms with E-state index in [1.165, 1.54) is 15.3 Å². The molecular formula is C22H26N2O2S2. The third-order valence-electron chi connectivity index (χ3n) is 5.62. The minimum Gasteiger partial charge on any atom is -0.383 e. The maximum atomic E-state index is 13.3. The second-order valence-electron chi connectivity index (χ2n) is 7.29. The zero-order valence-corrected chi connectivity index (χ0v) is 18.2. The molecule has 0 saturated heterocycles. The second kappa shape index (κ2) is 8.33. The number of methoxy groups -OCH3 is 1. The number of ketones is 1. The van der Waals surface area contributed by atoms with Crippen LogP contribution in [-0.4, -0.2) is 42.1 Å². The van der Waals surface area contributed by atoms with Crippen molar-refractivity contribution >= 4 is 28.5 Å². The van der Waals surface area contributed by atoms with Crippen molar-refractivity contribution in [1.29, 1.82) is 0 Å². The molecule has 4 heterocycles. The zero-order valence-electron chi connectivity index (χ0n) is 16.6. The lowest BCUT2D eigenvalue weighted by Gasteiger charge is -2.34. The van der Waals surface area contributed by atoms with Crippen molar-refractivity contribution in [1.82, 2.24) is 9.47 Å². The van der Waals surface area contributed by atoms with Gasteiger partial charge in [-0.15, -0.1) is 22.7 Å². The van der Waals surface area contributed by atoms with Crippen molar-refractivity contribution in [3.05, 3.63) is 67.3 Å². The first kappa shape index (κ1) is 19.6. The summed E-state index contributed by atoms with van der Waals surface area (Å²) in [6.07, 6.45) is 1.02. The Hall–Kier alpha value is -1.73. The first-order valence-electron chi connectivity index (χ1n) is 9.62. The largest absolute Gasteiger partial charge is 0.383 e. The summed E-state index contributed by atoms with van der Waals surface area (Å²) in [5, 5.41) is 4.30. The molecule has 0 aromatic carbocycles. The fourth-order valence-corrected chi connectivity index (χ4v) is 5.98. The van der Waals surface area contributed by atoms with Gasteiger partial charge in [0, 0.05) is 46.9 Å². The number of carbonyl (C=O) groups excluding carboxylic acids is 1. The van der Waals surface area contributed by atoms with Crippen LogP contribution in [0.3, 0.4) is 0 Å². The van der Waals surface area contributed by atoms with E-state index < -0.39 is 0 Å². The van der Waals surface area contributed by atoms with Gasteiger partial charge in [0.15, 0.2) is 5.78 Å². The third kappa shape index (κ3) is 3.62. The highest BCUT2D eigenvalue weighted by molar-refractivity contribution is 7.10. The Kier molecular flexibility index (Phi) is 5.83. The number of fused-ring (bicyclic) bond motifs is 1. The second-order valence-corrected chi connectivity index (χ2v) is 9.27. The van der Waals surface area contributed by atoms with Crippen molar-refractivity contribution in [2.45, 2.75) is 32.9 Å². The molecule has 0 radical (unpaired) electrons. The minimum atomic E-state index is 0.191. The van der Waals surface area contributed by atoms with Crippen LogP contribution in [-0.2, 0) is 17.7 Å². The number of aromatic nitrogens is 1. The van der Waals surface area contributed by atoms with E-state index in [1.807, 2.05) is 24.3 Å². The summed E-state index contributed by atoms with van der Waals surface area (Å²) in [5.41, 5.74) is 4.37.